The number of hydrogen-bond acceptors (Lipinski definition) is 3. The number of hydrogen-bond donors (Lipinski definition) is 0. The van der Waals surface area contributed by atoms with Gasteiger partial charge in [0.15, 0.2) is 0 Å². The van der Waals surface area contributed by atoms with Crippen LogP contribution in [-0.2, 0) is 6.42 Å². The monoisotopic (exact) mass is 265 g/mol. The standard InChI is InChI=1S/C17H19N3/c1-19-12-14-9-10-18-17(14)20-15(7-8-16(19)20)11-13-5-3-2-4-6-13/h2-6,9-10,12,15-16H,7-8,11H2,1H3. The summed E-state index contributed by atoms with van der Waals surface area (Å²) in [5.74, 6) is 1.17. The van der Waals surface area contributed by atoms with Crippen molar-refractivity contribution in [3.63, 3.8) is 0 Å². The summed E-state index contributed by atoms with van der Waals surface area (Å²) in [4.78, 5) is 9.47. The lowest BCUT2D eigenvalue weighted by Gasteiger charge is -2.41. The maximum Gasteiger partial charge on any atom is 0.139 e. The minimum Gasteiger partial charge on any atom is -0.360 e. The van der Waals surface area contributed by atoms with E-state index in [1.54, 1.807) is 0 Å². The van der Waals surface area contributed by atoms with Crippen molar-refractivity contribution in [2.24, 2.45) is 4.99 Å². The van der Waals surface area contributed by atoms with Crippen molar-refractivity contribution in [2.75, 3.05) is 7.05 Å². The predicted octanol–water partition coefficient (Wildman–Crippen LogP) is 2.77. The van der Waals surface area contributed by atoms with Gasteiger partial charge in [0.2, 0.25) is 0 Å². The van der Waals surface area contributed by atoms with Gasteiger partial charge in [-0.1, -0.05) is 30.3 Å². The zero-order valence-corrected chi connectivity index (χ0v) is 11.7. The average molecular weight is 265 g/mol. The van der Waals surface area contributed by atoms with E-state index < -0.39 is 0 Å². The molecule has 0 amide bonds. The Hall–Kier alpha value is -2.03. The van der Waals surface area contributed by atoms with E-state index in [0.29, 0.717) is 12.2 Å². The van der Waals surface area contributed by atoms with Crippen LogP contribution in [0.5, 0.6) is 0 Å². The first-order valence-corrected chi connectivity index (χ1v) is 7.34. The Balaban J connectivity index is 1.63. The molecule has 3 nitrogen and oxygen atoms in total. The predicted molar refractivity (Wildman–Crippen MR) is 81.2 cm³/mol. The Kier molecular flexibility index (Phi) is 2.66. The quantitative estimate of drug-likeness (QED) is 0.819. The van der Waals surface area contributed by atoms with Crippen molar-refractivity contribution >= 4 is 5.84 Å². The van der Waals surface area contributed by atoms with Crippen LogP contribution in [0.1, 0.15) is 18.4 Å². The molecule has 1 saturated heterocycles. The highest BCUT2D eigenvalue weighted by Crippen LogP contribution is 2.35. The lowest BCUT2D eigenvalue weighted by atomic mass is 10.0. The van der Waals surface area contributed by atoms with E-state index in [-0.39, 0.29) is 0 Å². The molecule has 0 spiro atoms. The van der Waals surface area contributed by atoms with Gasteiger partial charge in [-0.2, -0.15) is 0 Å². The smallest absolute Gasteiger partial charge is 0.139 e. The van der Waals surface area contributed by atoms with Gasteiger partial charge in [-0.25, -0.2) is 4.99 Å². The second-order valence-corrected chi connectivity index (χ2v) is 5.83. The minimum absolute atomic E-state index is 0.478. The van der Waals surface area contributed by atoms with Gasteiger partial charge >= 0.3 is 0 Å². The van der Waals surface area contributed by atoms with Crippen LogP contribution in [0, 0.1) is 0 Å². The summed E-state index contributed by atoms with van der Waals surface area (Å²) in [6, 6.07) is 11.4. The molecule has 102 valence electrons. The Morgan fingerprint density at radius 1 is 1.20 bits per heavy atom. The molecule has 3 aliphatic rings. The summed E-state index contributed by atoms with van der Waals surface area (Å²) in [5.41, 5.74) is 2.67. The highest BCUT2D eigenvalue weighted by Gasteiger charge is 2.41. The van der Waals surface area contributed by atoms with Crippen molar-refractivity contribution in [2.45, 2.75) is 31.5 Å². The van der Waals surface area contributed by atoms with Gasteiger partial charge in [-0.05, 0) is 30.9 Å². The summed E-state index contributed by atoms with van der Waals surface area (Å²) in [6.45, 7) is 0. The van der Waals surface area contributed by atoms with Crippen LogP contribution in [0.15, 0.2) is 59.4 Å². The molecule has 0 bridgehead atoms. The molecular weight excluding hydrogens is 246 g/mol. The molecule has 3 heterocycles. The van der Waals surface area contributed by atoms with Crippen LogP contribution in [0.4, 0.5) is 0 Å². The summed E-state index contributed by atoms with van der Waals surface area (Å²) < 4.78 is 0. The Bertz CT molecular complexity index is 600. The van der Waals surface area contributed by atoms with Crippen LogP contribution in [0.25, 0.3) is 0 Å². The molecule has 2 atom stereocenters. The van der Waals surface area contributed by atoms with E-state index in [2.05, 4.69) is 64.4 Å². The second-order valence-electron chi connectivity index (χ2n) is 5.83. The molecule has 1 aromatic carbocycles. The number of nitrogens with zero attached hydrogens (tertiary/aromatic N) is 3. The molecule has 0 N–H and O–H groups in total. The highest BCUT2D eigenvalue weighted by molar-refractivity contribution is 6.04. The third-order valence-corrected chi connectivity index (χ3v) is 4.55. The van der Waals surface area contributed by atoms with E-state index in [0.717, 1.165) is 6.42 Å². The third-order valence-electron chi connectivity index (χ3n) is 4.55. The maximum absolute atomic E-state index is 4.59. The third kappa shape index (κ3) is 1.77. The minimum atomic E-state index is 0.478. The van der Waals surface area contributed by atoms with Gasteiger partial charge in [0.25, 0.3) is 0 Å². The number of fused-ring (bicyclic) bond motifs is 3. The number of aliphatic imine (C=N–C) groups is 1. The summed E-state index contributed by atoms with van der Waals surface area (Å²) in [5, 5.41) is 0. The van der Waals surface area contributed by atoms with Crippen LogP contribution in [-0.4, -0.2) is 34.9 Å². The first-order valence-electron chi connectivity index (χ1n) is 7.34. The molecule has 2 unspecified atom stereocenters. The molecule has 20 heavy (non-hydrogen) atoms. The Labute approximate surface area is 119 Å². The number of amidine groups is 1. The molecule has 3 heteroatoms. The highest BCUT2D eigenvalue weighted by atomic mass is 15.4. The lowest BCUT2D eigenvalue weighted by molar-refractivity contribution is 0.170. The van der Waals surface area contributed by atoms with E-state index in [4.69, 9.17) is 0 Å². The molecule has 0 aromatic heterocycles. The van der Waals surface area contributed by atoms with E-state index >= 15 is 0 Å². The van der Waals surface area contributed by atoms with Crippen molar-refractivity contribution in [1.82, 2.24) is 9.80 Å². The fourth-order valence-electron chi connectivity index (χ4n) is 3.62. The second kappa shape index (κ2) is 4.51. The van der Waals surface area contributed by atoms with Gasteiger partial charge in [0.1, 0.15) is 12.0 Å². The van der Waals surface area contributed by atoms with Crippen LogP contribution in [0.3, 0.4) is 0 Å². The fourth-order valence-corrected chi connectivity index (χ4v) is 3.62. The van der Waals surface area contributed by atoms with Gasteiger partial charge < -0.3 is 9.80 Å². The fraction of sp³-hybridized carbons (Fsp3) is 0.353. The first-order chi connectivity index (χ1) is 9.83. The molecule has 1 fully saturated rings. The van der Waals surface area contributed by atoms with Crippen LogP contribution in [0.2, 0.25) is 0 Å². The van der Waals surface area contributed by atoms with Crippen molar-refractivity contribution in [3.05, 3.63) is 59.9 Å². The number of rotatable bonds is 2. The van der Waals surface area contributed by atoms with Crippen molar-refractivity contribution in [1.29, 1.82) is 0 Å². The van der Waals surface area contributed by atoms with Crippen LogP contribution >= 0.6 is 0 Å². The summed E-state index contributed by atoms with van der Waals surface area (Å²) in [7, 11) is 2.18. The molecule has 1 aromatic rings. The molecule has 3 aliphatic heterocycles. The lowest BCUT2D eigenvalue weighted by Crippen LogP contribution is -2.51. The normalized spacial score (nSPS) is 27.2. The topological polar surface area (TPSA) is 18.8 Å². The molecule has 0 aliphatic carbocycles. The van der Waals surface area contributed by atoms with Crippen LogP contribution < -0.4 is 0 Å². The molecule has 0 radical (unpaired) electrons. The Morgan fingerprint density at radius 3 is 2.90 bits per heavy atom. The van der Waals surface area contributed by atoms with Gasteiger partial charge in [0, 0.05) is 31.1 Å². The average Bonchev–Trinajstić information content (AvgIpc) is 3.07. The zero-order chi connectivity index (χ0) is 13.5. The van der Waals surface area contributed by atoms with Gasteiger partial charge in [-0.3, -0.25) is 0 Å². The number of benzene rings is 1. The zero-order valence-electron chi connectivity index (χ0n) is 11.7. The molecule has 4 rings (SSSR count). The first kappa shape index (κ1) is 11.8. The van der Waals surface area contributed by atoms with Crippen molar-refractivity contribution < 1.29 is 0 Å². The maximum atomic E-state index is 4.59. The van der Waals surface area contributed by atoms with Gasteiger partial charge in [-0.15, -0.1) is 0 Å². The van der Waals surface area contributed by atoms with E-state index in [9.17, 15) is 0 Å². The molecular formula is C17H19N3. The van der Waals surface area contributed by atoms with Crippen molar-refractivity contribution in [3.8, 4) is 0 Å². The summed E-state index contributed by atoms with van der Waals surface area (Å²) >= 11 is 0. The largest absolute Gasteiger partial charge is 0.360 e. The Morgan fingerprint density at radius 2 is 2.05 bits per heavy atom. The molecule has 0 saturated carbocycles. The van der Waals surface area contributed by atoms with E-state index in [1.807, 2.05) is 6.20 Å². The van der Waals surface area contributed by atoms with Gasteiger partial charge in [0.05, 0.1) is 0 Å². The SMILES string of the molecule is CN1C=C2C=CN=C2N2C(Cc3ccccc3)CCC12. The van der Waals surface area contributed by atoms with E-state index in [1.165, 1.54) is 29.8 Å². The summed E-state index contributed by atoms with van der Waals surface area (Å²) in [6.07, 6.45) is 10.3.